The van der Waals surface area contributed by atoms with Crippen molar-refractivity contribution < 1.29 is 4.74 Å². The number of nitrogens with zero attached hydrogens (tertiary/aromatic N) is 2. The lowest BCUT2D eigenvalue weighted by atomic mass is 9.95. The lowest BCUT2D eigenvalue weighted by Crippen LogP contribution is -2.33. The minimum Gasteiger partial charge on any atom is -0.464 e. The molecule has 0 unspecified atom stereocenters. The van der Waals surface area contributed by atoms with Gasteiger partial charge in [0, 0.05) is 27.5 Å². The fourth-order valence-electron chi connectivity index (χ4n) is 4.59. The number of hydrazone groups is 1. The Labute approximate surface area is 196 Å². The molecule has 32 heavy (non-hydrogen) atoms. The Morgan fingerprint density at radius 3 is 2.56 bits per heavy atom. The van der Waals surface area contributed by atoms with Crippen LogP contribution in [0, 0.1) is 0 Å². The summed E-state index contributed by atoms with van der Waals surface area (Å²) in [5.74, 6) is 0.879. The molecule has 4 aromatic rings. The van der Waals surface area contributed by atoms with Crippen molar-refractivity contribution in [2.45, 2.75) is 23.6 Å². The molecule has 0 saturated heterocycles. The zero-order valence-corrected chi connectivity index (χ0v) is 19.1. The summed E-state index contributed by atoms with van der Waals surface area (Å²) in [6.07, 6.45) is 2.62. The van der Waals surface area contributed by atoms with Gasteiger partial charge in [-0.05, 0) is 59.0 Å². The van der Waals surface area contributed by atoms with Gasteiger partial charge >= 0.3 is 0 Å². The van der Waals surface area contributed by atoms with Crippen molar-refractivity contribution >= 4 is 39.8 Å². The van der Waals surface area contributed by atoms with Crippen molar-refractivity contribution in [2.75, 3.05) is 6.26 Å². The van der Waals surface area contributed by atoms with E-state index in [-0.39, 0.29) is 12.3 Å². The number of ether oxygens (including phenoxy) is 1. The molecule has 6 rings (SSSR count). The largest absolute Gasteiger partial charge is 0.464 e. The molecule has 0 fully saturated rings. The molecule has 0 N–H and O–H groups in total. The van der Waals surface area contributed by atoms with E-state index < -0.39 is 0 Å². The van der Waals surface area contributed by atoms with Crippen LogP contribution in [0.2, 0.25) is 5.02 Å². The van der Waals surface area contributed by atoms with Crippen LogP contribution in [0.15, 0.2) is 94.9 Å². The molecule has 0 spiro atoms. The van der Waals surface area contributed by atoms with Gasteiger partial charge in [-0.2, -0.15) is 5.10 Å². The van der Waals surface area contributed by atoms with E-state index in [0.717, 1.165) is 34.6 Å². The maximum Gasteiger partial charge on any atom is 0.213 e. The molecular formula is C27H21ClN2OS. The van der Waals surface area contributed by atoms with Crippen molar-refractivity contribution in [3.63, 3.8) is 0 Å². The summed E-state index contributed by atoms with van der Waals surface area (Å²) in [6.45, 7) is 0. The van der Waals surface area contributed by atoms with Gasteiger partial charge in [0.05, 0.1) is 11.8 Å². The molecule has 0 saturated carbocycles. The van der Waals surface area contributed by atoms with Crippen LogP contribution in [0.3, 0.4) is 0 Å². The molecule has 0 aromatic heterocycles. The van der Waals surface area contributed by atoms with Gasteiger partial charge in [0.25, 0.3) is 0 Å². The molecule has 3 nitrogen and oxygen atoms in total. The molecule has 2 atom stereocenters. The highest BCUT2D eigenvalue weighted by Crippen LogP contribution is 2.48. The van der Waals surface area contributed by atoms with Crippen molar-refractivity contribution in [1.82, 2.24) is 5.01 Å². The number of hydrogen-bond acceptors (Lipinski definition) is 4. The third-order valence-corrected chi connectivity index (χ3v) is 7.21. The summed E-state index contributed by atoms with van der Waals surface area (Å²) in [7, 11) is 0. The number of benzene rings is 4. The molecule has 0 radical (unpaired) electrons. The highest BCUT2D eigenvalue weighted by molar-refractivity contribution is 7.98. The van der Waals surface area contributed by atoms with Crippen molar-refractivity contribution in [3.8, 4) is 5.75 Å². The van der Waals surface area contributed by atoms with E-state index in [2.05, 4.69) is 78.0 Å². The number of rotatable bonds is 3. The van der Waals surface area contributed by atoms with Crippen LogP contribution in [0.1, 0.15) is 35.4 Å². The highest BCUT2D eigenvalue weighted by Gasteiger charge is 2.41. The third-order valence-electron chi connectivity index (χ3n) is 6.24. The molecule has 0 bridgehead atoms. The van der Waals surface area contributed by atoms with Crippen LogP contribution in [-0.2, 0) is 0 Å². The molecule has 2 aliphatic heterocycles. The van der Waals surface area contributed by atoms with Crippen molar-refractivity contribution in [1.29, 1.82) is 0 Å². The first-order chi connectivity index (χ1) is 15.7. The maximum absolute atomic E-state index is 6.47. The fourth-order valence-corrected chi connectivity index (χ4v) is 5.18. The van der Waals surface area contributed by atoms with Gasteiger partial charge in [-0.3, -0.25) is 0 Å². The van der Waals surface area contributed by atoms with Crippen LogP contribution < -0.4 is 4.74 Å². The first-order valence-electron chi connectivity index (χ1n) is 10.6. The predicted molar refractivity (Wildman–Crippen MR) is 133 cm³/mol. The Balaban J connectivity index is 1.44. The van der Waals surface area contributed by atoms with Crippen LogP contribution in [0.25, 0.3) is 10.8 Å². The van der Waals surface area contributed by atoms with E-state index >= 15 is 0 Å². The van der Waals surface area contributed by atoms with Crippen LogP contribution in [-0.4, -0.2) is 17.0 Å². The highest BCUT2D eigenvalue weighted by atomic mass is 35.5. The van der Waals surface area contributed by atoms with Gasteiger partial charge in [0.1, 0.15) is 5.75 Å². The van der Waals surface area contributed by atoms with Gasteiger partial charge < -0.3 is 4.74 Å². The predicted octanol–water partition coefficient (Wildman–Crippen LogP) is 7.46. The standard InChI is InChI=1S/C27H21ClN2OS/c1-32-22-11-8-18(9-12-22)27-30-25(23-15-21(28)10-13-26(23)31-27)16-24(29-30)20-7-6-17-4-2-3-5-19(17)14-20/h2-15,25,27H,16H2,1H3/t25-,27+/m0/s1. The van der Waals surface area contributed by atoms with E-state index in [1.165, 1.54) is 15.7 Å². The summed E-state index contributed by atoms with van der Waals surface area (Å²) in [4.78, 5) is 1.23. The summed E-state index contributed by atoms with van der Waals surface area (Å²) in [5.41, 5.74) is 4.41. The van der Waals surface area contributed by atoms with Crippen LogP contribution in [0.4, 0.5) is 0 Å². The second kappa shape index (κ2) is 7.88. The molecule has 4 aromatic carbocycles. The van der Waals surface area contributed by atoms with Crippen molar-refractivity contribution in [2.24, 2.45) is 5.10 Å². The molecular weight excluding hydrogens is 436 g/mol. The van der Waals surface area contributed by atoms with Crippen LogP contribution in [0.5, 0.6) is 5.75 Å². The number of halogens is 1. The molecule has 158 valence electrons. The summed E-state index contributed by atoms with van der Waals surface area (Å²) in [6, 6.07) is 29.5. The minimum atomic E-state index is -0.275. The number of fused-ring (bicyclic) bond motifs is 4. The lowest BCUT2D eigenvalue weighted by Gasteiger charge is -2.38. The number of thioether (sulfide) groups is 1. The average molecular weight is 457 g/mol. The van der Waals surface area contributed by atoms with Crippen LogP contribution >= 0.6 is 23.4 Å². The monoisotopic (exact) mass is 456 g/mol. The normalized spacial score (nSPS) is 19.3. The van der Waals surface area contributed by atoms with E-state index in [0.29, 0.717) is 5.02 Å². The van der Waals surface area contributed by atoms with Crippen molar-refractivity contribution in [3.05, 3.63) is 107 Å². The third kappa shape index (κ3) is 3.35. The van der Waals surface area contributed by atoms with Gasteiger partial charge in [-0.1, -0.05) is 60.1 Å². The SMILES string of the molecule is CSc1ccc([C@H]2Oc3ccc(Cl)cc3[C@@H]3CC(c4ccc5ccccc5c4)=NN23)cc1. The Morgan fingerprint density at radius 2 is 1.75 bits per heavy atom. The fraction of sp³-hybridized carbons (Fsp3) is 0.148. The van der Waals surface area contributed by atoms with Gasteiger partial charge in [-0.15, -0.1) is 11.8 Å². The molecule has 2 heterocycles. The lowest BCUT2D eigenvalue weighted by molar-refractivity contribution is -0.0190. The smallest absolute Gasteiger partial charge is 0.213 e. The first-order valence-corrected chi connectivity index (χ1v) is 12.2. The van der Waals surface area contributed by atoms with Gasteiger partial charge in [0.15, 0.2) is 0 Å². The molecule has 0 aliphatic carbocycles. The van der Waals surface area contributed by atoms with Gasteiger partial charge in [0.2, 0.25) is 6.23 Å². The molecule has 2 aliphatic rings. The Kier molecular flexibility index (Phi) is 4.85. The van der Waals surface area contributed by atoms with E-state index in [9.17, 15) is 0 Å². The summed E-state index contributed by atoms with van der Waals surface area (Å²) < 4.78 is 6.47. The Morgan fingerprint density at radius 1 is 0.938 bits per heavy atom. The van der Waals surface area contributed by atoms with E-state index in [1.54, 1.807) is 11.8 Å². The Bertz CT molecular complexity index is 1350. The number of hydrogen-bond donors (Lipinski definition) is 0. The second-order valence-electron chi connectivity index (χ2n) is 8.13. The van der Waals surface area contributed by atoms with Gasteiger partial charge in [-0.25, -0.2) is 5.01 Å². The molecule has 0 amide bonds. The minimum absolute atomic E-state index is 0.0872. The zero-order valence-electron chi connectivity index (χ0n) is 17.5. The topological polar surface area (TPSA) is 24.8 Å². The first kappa shape index (κ1) is 19.7. The summed E-state index contributed by atoms with van der Waals surface area (Å²) >= 11 is 8.09. The average Bonchev–Trinajstić information content (AvgIpc) is 3.29. The quantitative estimate of drug-likeness (QED) is 0.299. The maximum atomic E-state index is 6.47. The molecule has 5 heteroatoms. The summed E-state index contributed by atoms with van der Waals surface area (Å²) in [5, 5.41) is 10.4. The van der Waals surface area contributed by atoms with E-state index in [4.69, 9.17) is 21.4 Å². The van der Waals surface area contributed by atoms with E-state index in [1.807, 2.05) is 18.2 Å². The zero-order chi connectivity index (χ0) is 21.7. The Hall–Kier alpha value is -2.95. The second-order valence-corrected chi connectivity index (χ2v) is 9.45.